The molecular weight excluding hydrogens is 407 g/mol. The summed E-state index contributed by atoms with van der Waals surface area (Å²) < 4.78 is 26.4. The first kappa shape index (κ1) is 23.4. The largest absolute Gasteiger partial charge is 0.497 e. The second-order valence-electron chi connectivity index (χ2n) is 7.76. The molecule has 3 aromatic rings. The molecule has 32 heavy (non-hydrogen) atoms. The second kappa shape index (κ2) is 11.4. The van der Waals surface area contributed by atoms with Crippen molar-refractivity contribution in [3.05, 3.63) is 83.4 Å². The molecule has 0 aliphatic heterocycles. The third kappa shape index (κ3) is 5.90. The molecule has 5 nitrogen and oxygen atoms in total. The summed E-state index contributed by atoms with van der Waals surface area (Å²) in [4.78, 5) is 15.4. The van der Waals surface area contributed by atoms with Gasteiger partial charge >= 0.3 is 0 Å². The van der Waals surface area contributed by atoms with Crippen molar-refractivity contribution in [2.45, 2.75) is 39.3 Å². The molecule has 0 N–H and O–H groups in total. The Balaban J connectivity index is 1.84. The number of unbranched alkanes of at least 4 members (excludes halogenated alkanes) is 2. The lowest BCUT2D eigenvalue weighted by Crippen LogP contribution is -2.32. The van der Waals surface area contributed by atoms with E-state index in [1.54, 1.807) is 38.5 Å². The molecule has 170 valence electrons. The lowest BCUT2D eigenvalue weighted by Gasteiger charge is -2.25. The van der Waals surface area contributed by atoms with Crippen LogP contribution >= 0.6 is 0 Å². The monoisotopic (exact) mass is 438 g/mol. The van der Waals surface area contributed by atoms with Crippen molar-refractivity contribution >= 4 is 5.91 Å². The number of carbonyl (C=O) groups is 1. The molecule has 0 unspecified atom stereocenters. The zero-order chi connectivity index (χ0) is 22.9. The third-order valence-electron chi connectivity index (χ3n) is 5.48. The first-order valence-corrected chi connectivity index (χ1v) is 11.0. The van der Waals surface area contributed by atoms with Crippen LogP contribution in [0, 0.1) is 5.82 Å². The van der Waals surface area contributed by atoms with E-state index in [1.165, 1.54) is 12.1 Å². The number of methoxy groups -OCH3 is 2. The van der Waals surface area contributed by atoms with Crippen LogP contribution < -0.4 is 9.47 Å². The van der Waals surface area contributed by atoms with Gasteiger partial charge in [-0.25, -0.2) is 4.39 Å². The minimum absolute atomic E-state index is 0.0842. The molecule has 0 saturated carbocycles. The van der Waals surface area contributed by atoms with E-state index in [9.17, 15) is 9.18 Å². The van der Waals surface area contributed by atoms with Crippen LogP contribution in [0.5, 0.6) is 11.5 Å². The number of hydrogen-bond acceptors (Lipinski definition) is 3. The Hall–Kier alpha value is -3.28. The molecule has 0 bridgehead atoms. The van der Waals surface area contributed by atoms with Crippen LogP contribution in [-0.4, -0.2) is 36.1 Å². The first-order valence-electron chi connectivity index (χ1n) is 11.0. The molecule has 1 heterocycles. The van der Waals surface area contributed by atoms with E-state index in [0.717, 1.165) is 30.5 Å². The van der Waals surface area contributed by atoms with E-state index in [1.807, 2.05) is 29.3 Å². The fraction of sp³-hybridized carbons (Fsp3) is 0.346. The van der Waals surface area contributed by atoms with Gasteiger partial charge in [0.25, 0.3) is 5.91 Å². The highest BCUT2D eigenvalue weighted by molar-refractivity contribution is 5.97. The average Bonchev–Trinajstić information content (AvgIpc) is 3.24. The van der Waals surface area contributed by atoms with Gasteiger partial charge in [-0.2, -0.15) is 0 Å². The van der Waals surface area contributed by atoms with Crippen LogP contribution in [-0.2, 0) is 13.1 Å². The SMILES string of the molecule is CCCCCN(Cc1cccn1Cc1cccc(F)c1)C(=O)c1ccc(OC)cc1OC. The molecule has 1 aromatic heterocycles. The Morgan fingerprint density at radius 3 is 2.59 bits per heavy atom. The molecule has 2 aromatic carbocycles. The van der Waals surface area contributed by atoms with Gasteiger partial charge < -0.3 is 18.9 Å². The summed E-state index contributed by atoms with van der Waals surface area (Å²) in [6.07, 6.45) is 5.01. The maximum atomic E-state index is 13.6. The summed E-state index contributed by atoms with van der Waals surface area (Å²) >= 11 is 0. The van der Waals surface area contributed by atoms with Crippen LogP contribution in [0.3, 0.4) is 0 Å². The van der Waals surface area contributed by atoms with E-state index in [-0.39, 0.29) is 11.7 Å². The number of amides is 1. The zero-order valence-electron chi connectivity index (χ0n) is 19.0. The van der Waals surface area contributed by atoms with Gasteiger partial charge in [0.2, 0.25) is 0 Å². The van der Waals surface area contributed by atoms with Gasteiger partial charge in [0.1, 0.15) is 17.3 Å². The van der Waals surface area contributed by atoms with Gasteiger partial charge in [-0.15, -0.1) is 0 Å². The number of hydrogen-bond donors (Lipinski definition) is 0. The maximum absolute atomic E-state index is 13.6. The van der Waals surface area contributed by atoms with E-state index in [0.29, 0.717) is 36.7 Å². The van der Waals surface area contributed by atoms with E-state index < -0.39 is 0 Å². The van der Waals surface area contributed by atoms with Gasteiger partial charge in [-0.3, -0.25) is 4.79 Å². The van der Waals surface area contributed by atoms with Crippen molar-refractivity contribution in [3.63, 3.8) is 0 Å². The van der Waals surface area contributed by atoms with Gasteiger partial charge in [0.05, 0.1) is 26.3 Å². The number of aromatic nitrogens is 1. The van der Waals surface area contributed by atoms with Crippen LogP contribution in [0.25, 0.3) is 0 Å². The molecule has 0 spiro atoms. The molecule has 6 heteroatoms. The summed E-state index contributed by atoms with van der Waals surface area (Å²) in [6, 6.07) is 15.8. The van der Waals surface area contributed by atoms with Crippen LogP contribution in [0.1, 0.15) is 47.8 Å². The van der Waals surface area contributed by atoms with E-state index in [2.05, 4.69) is 11.5 Å². The Kier molecular flexibility index (Phi) is 8.31. The van der Waals surface area contributed by atoms with Crippen molar-refractivity contribution in [1.82, 2.24) is 9.47 Å². The minimum atomic E-state index is -0.251. The number of carbonyl (C=O) groups excluding carboxylic acids is 1. The Morgan fingerprint density at radius 2 is 1.88 bits per heavy atom. The smallest absolute Gasteiger partial charge is 0.257 e. The predicted octanol–water partition coefficient (Wildman–Crippen LogP) is 5.53. The molecule has 1 amide bonds. The van der Waals surface area contributed by atoms with Crippen molar-refractivity contribution in [2.24, 2.45) is 0 Å². The number of rotatable bonds is 11. The molecule has 0 fully saturated rings. The summed E-state index contributed by atoms with van der Waals surface area (Å²) in [5, 5.41) is 0. The molecule has 0 aliphatic rings. The maximum Gasteiger partial charge on any atom is 0.257 e. The predicted molar refractivity (Wildman–Crippen MR) is 124 cm³/mol. The topological polar surface area (TPSA) is 43.7 Å². The molecule has 3 rings (SSSR count). The number of nitrogens with zero attached hydrogens (tertiary/aromatic N) is 2. The summed E-state index contributed by atoms with van der Waals surface area (Å²) in [5.74, 6) is 0.795. The fourth-order valence-electron chi connectivity index (χ4n) is 3.73. The normalized spacial score (nSPS) is 10.8. The summed E-state index contributed by atoms with van der Waals surface area (Å²) in [7, 11) is 3.14. The molecule has 0 atom stereocenters. The quantitative estimate of drug-likeness (QED) is 0.370. The number of benzene rings is 2. The Morgan fingerprint density at radius 1 is 1.03 bits per heavy atom. The van der Waals surface area contributed by atoms with Crippen molar-refractivity contribution in [3.8, 4) is 11.5 Å². The first-order chi connectivity index (χ1) is 15.5. The highest BCUT2D eigenvalue weighted by Gasteiger charge is 2.21. The standard InChI is InChI=1S/C26H31FN2O3/c1-4-5-6-14-29(26(30)24-13-12-23(31-2)17-25(24)32-3)19-22-11-8-15-28(22)18-20-9-7-10-21(27)16-20/h7-13,15-17H,4-6,14,18-19H2,1-3H3. The van der Waals surface area contributed by atoms with Crippen molar-refractivity contribution in [2.75, 3.05) is 20.8 Å². The molecule has 0 radical (unpaired) electrons. The van der Waals surface area contributed by atoms with Crippen LogP contribution in [0.15, 0.2) is 60.8 Å². The van der Waals surface area contributed by atoms with E-state index in [4.69, 9.17) is 9.47 Å². The van der Waals surface area contributed by atoms with Crippen LogP contribution in [0.4, 0.5) is 4.39 Å². The van der Waals surface area contributed by atoms with Gasteiger partial charge in [-0.05, 0) is 48.4 Å². The molecular formula is C26H31FN2O3. The second-order valence-corrected chi connectivity index (χ2v) is 7.76. The van der Waals surface area contributed by atoms with E-state index >= 15 is 0 Å². The number of halogens is 1. The summed E-state index contributed by atoms with van der Waals surface area (Å²) in [6.45, 7) is 3.79. The van der Waals surface area contributed by atoms with Crippen LogP contribution in [0.2, 0.25) is 0 Å². The number of ether oxygens (including phenoxy) is 2. The van der Waals surface area contributed by atoms with Gasteiger partial charge in [0, 0.05) is 31.0 Å². The highest BCUT2D eigenvalue weighted by Crippen LogP contribution is 2.26. The Labute approximate surface area is 189 Å². The van der Waals surface area contributed by atoms with Crippen molar-refractivity contribution in [1.29, 1.82) is 0 Å². The Bertz CT molecular complexity index is 1030. The molecule has 0 saturated heterocycles. The fourth-order valence-corrected chi connectivity index (χ4v) is 3.73. The minimum Gasteiger partial charge on any atom is -0.497 e. The van der Waals surface area contributed by atoms with Gasteiger partial charge in [-0.1, -0.05) is 31.9 Å². The van der Waals surface area contributed by atoms with Crippen molar-refractivity contribution < 1.29 is 18.7 Å². The lowest BCUT2D eigenvalue weighted by atomic mass is 10.1. The zero-order valence-corrected chi connectivity index (χ0v) is 19.0. The molecule has 0 aliphatic carbocycles. The highest BCUT2D eigenvalue weighted by atomic mass is 19.1. The lowest BCUT2D eigenvalue weighted by molar-refractivity contribution is 0.0733. The third-order valence-corrected chi connectivity index (χ3v) is 5.48. The van der Waals surface area contributed by atoms with Gasteiger partial charge in [0.15, 0.2) is 0 Å². The average molecular weight is 439 g/mol. The summed E-state index contributed by atoms with van der Waals surface area (Å²) in [5.41, 5.74) is 2.38.